The van der Waals surface area contributed by atoms with Crippen molar-refractivity contribution in [3.63, 3.8) is 0 Å². The fourth-order valence-corrected chi connectivity index (χ4v) is 3.46. The molecule has 0 aliphatic carbocycles. The lowest BCUT2D eigenvalue weighted by Gasteiger charge is -2.18. The number of terminal acetylenes is 1. The summed E-state index contributed by atoms with van der Waals surface area (Å²) >= 11 is 1.97. The molecule has 90 valence electrons. The second kappa shape index (κ2) is 6.14. The van der Waals surface area contributed by atoms with E-state index in [0.29, 0.717) is 12.0 Å². The van der Waals surface area contributed by atoms with Crippen LogP contribution in [0.15, 0.2) is 29.2 Å². The van der Waals surface area contributed by atoms with Crippen LogP contribution in [0.4, 0.5) is 0 Å². The molecule has 0 bridgehead atoms. The third kappa shape index (κ3) is 3.06. The van der Waals surface area contributed by atoms with E-state index in [-0.39, 0.29) is 0 Å². The fourth-order valence-electron chi connectivity index (χ4n) is 2.21. The molecule has 1 aliphatic rings. The minimum absolute atomic E-state index is 0.470. The minimum atomic E-state index is 0.470. The van der Waals surface area contributed by atoms with Gasteiger partial charge in [0.2, 0.25) is 0 Å². The summed E-state index contributed by atoms with van der Waals surface area (Å²) < 4.78 is 0. The Morgan fingerprint density at radius 1 is 1.53 bits per heavy atom. The van der Waals surface area contributed by atoms with Crippen molar-refractivity contribution >= 4 is 11.8 Å². The van der Waals surface area contributed by atoms with Gasteiger partial charge in [0, 0.05) is 35.6 Å². The smallest absolute Gasteiger partial charge is 0.0240 e. The Bertz CT molecular complexity index is 408. The first kappa shape index (κ1) is 12.5. The number of fused-ring (bicyclic) bond motifs is 1. The number of nitrogens with one attached hydrogen (secondary N) is 1. The number of rotatable bonds is 5. The molecule has 0 saturated heterocycles. The van der Waals surface area contributed by atoms with E-state index in [2.05, 4.69) is 42.4 Å². The van der Waals surface area contributed by atoms with Crippen molar-refractivity contribution in [3.8, 4) is 12.3 Å². The van der Waals surface area contributed by atoms with Gasteiger partial charge in [-0.25, -0.2) is 0 Å². The van der Waals surface area contributed by atoms with Crippen LogP contribution in [0.2, 0.25) is 0 Å². The van der Waals surface area contributed by atoms with Crippen LogP contribution in [0.25, 0.3) is 0 Å². The maximum atomic E-state index is 5.37. The topological polar surface area (TPSA) is 12.0 Å². The molecule has 2 atom stereocenters. The molecule has 2 heteroatoms. The Hall–Kier alpha value is -0.910. The summed E-state index contributed by atoms with van der Waals surface area (Å²) in [6.45, 7) is 3.23. The summed E-state index contributed by atoms with van der Waals surface area (Å²) in [5, 5.41) is 3.60. The third-order valence-corrected chi connectivity index (χ3v) is 4.56. The van der Waals surface area contributed by atoms with Gasteiger partial charge in [0.15, 0.2) is 0 Å². The van der Waals surface area contributed by atoms with Gasteiger partial charge >= 0.3 is 0 Å². The second-order valence-corrected chi connectivity index (χ2v) is 5.53. The Balaban J connectivity index is 1.91. The molecule has 0 aromatic heterocycles. The van der Waals surface area contributed by atoms with E-state index in [9.17, 15) is 0 Å². The molecule has 0 radical (unpaired) electrons. The van der Waals surface area contributed by atoms with Crippen LogP contribution in [0.1, 0.15) is 31.2 Å². The summed E-state index contributed by atoms with van der Waals surface area (Å²) in [4.78, 5) is 1.45. The zero-order valence-electron chi connectivity index (χ0n) is 10.3. The Labute approximate surface area is 108 Å². The van der Waals surface area contributed by atoms with Crippen molar-refractivity contribution in [3.05, 3.63) is 29.8 Å². The minimum Gasteiger partial charge on any atom is -0.312 e. The predicted molar refractivity (Wildman–Crippen MR) is 75.4 cm³/mol. The summed E-state index contributed by atoms with van der Waals surface area (Å²) in [7, 11) is 0. The molecule has 1 aliphatic heterocycles. The van der Waals surface area contributed by atoms with E-state index in [1.807, 2.05) is 11.8 Å². The van der Waals surface area contributed by atoms with Gasteiger partial charge in [-0.3, -0.25) is 0 Å². The normalized spacial score (nSPS) is 19.6. The molecule has 0 spiro atoms. The van der Waals surface area contributed by atoms with Gasteiger partial charge < -0.3 is 5.32 Å². The van der Waals surface area contributed by atoms with E-state index in [0.717, 1.165) is 19.4 Å². The van der Waals surface area contributed by atoms with E-state index in [4.69, 9.17) is 6.42 Å². The van der Waals surface area contributed by atoms with Gasteiger partial charge in [-0.05, 0) is 18.1 Å². The van der Waals surface area contributed by atoms with Crippen LogP contribution in [0.5, 0.6) is 0 Å². The van der Waals surface area contributed by atoms with Crippen molar-refractivity contribution in [1.82, 2.24) is 5.32 Å². The van der Waals surface area contributed by atoms with Crippen molar-refractivity contribution < 1.29 is 0 Å². The zero-order valence-corrected chi connectivity index (χ0v) is 11.1. The van der Waals surface area contributed by atoms with E-state index >= 15 is 0 Å². The van der Waals surface area contributed by atoms with Gasteiger partial charge in [-0.15, -0.1) is 24.1 Å². The first-order valence-corrected chi connectivity index (χ1v) is 7.22. The van der Waals surface area contributed by atoms with E-state index < -0.39 is 0 Å². The largest absolute Gasteiger partial charge is 0.312 e. The maximum Gasteiger partial charge on any atom is 0.0240 e. The molecular formula is C15H19NS. The van der Waals surface area contributed by atoms with Crippen LogP contribution < -0.4 is 5.32 Å². The highest BCUT2D eigenvalue weighted by molar-refractivity contribution is 7.99. The fraction of sp³-hybridized carbons (Fsp3) is 0.467. The van der Waals surface area contributed by atoms with Gasteiger partial charge in [0.05, 0.1) is 0 Å². The van der Waals surface area contributed by atoms with Gasteiger partial charge in [0.1, 0.15) is 0 Å². The summed E-state index contributed by atoms with van der Waals surface area (Å²) in [5.74, 6) is 4.58. The van der Waals surface area contributed by atoms with Crippen molar-refractivity contribution in [1.29, 1.82) is 0 Å². The van der Waals surface area contributed by atoms with Gasteiger partial charge in [-0.1, -0.05) is 25.1 Å². The molecular weight excluding hydrogens is 226 g/mol. The SMILES string of the molecule is C#CCC(CC)NCC1CSc2ccccc21. The highest BCUT2D eigenvalue weighted by Gasteiger charge is 2.22. The highest BCUT2D eigenvalue weighted by Crippen LogP contribution is 2.38. The van der Waals surface area contributed by atoms with E-state index in [1.165, 1.54) is 16.2 Å². The summed E-state index contributed by atoms with van der Waals surface area (Å²) in [6.07, 6.45) is 7.31. The zero-order chi connectivity index (χ0) is 12.1. The molecule has 1 heterocycles. The monoisotopic (exact) mass is 245 g/mol. The molecule has 0 fully saturated rings. The summed E-state index contributed by atoms with van der Waals surface area (Å²) in [6, 6.07) is 9.20. The van der Waals surface area contributed by atoms with Gasteiger partial charge in [0.25, 0.3) is 0 Å². The average Bonchev–Trinajstić information content (AvgIpc) is 2.78. The molecule has 1 nitrogen and oxygen atoms in total. The summed E-state index contributed by atoms with van der Waals surface area (Å²) in [5.41, 5.74) is 1.50. The van der Waals surface area contributed by atoms with E-state index in [1.54, 1.807) is 0 Å². The maximum absolute atomic E-state index is 5.37. The molecule has 2 rings (SSSR count). The predicted octanol–water partition coefficient (Wildman–Crippen LogP) is 3.27. The molecule has 0 saturated carbocycles. The standard InChI is InChI=1S/C15H19NS/c1-3-7-13(4-2)16-10-12-11-17-15-9-6-5-8-14(12)15/h1,5-6,8-9,12-13,16H,4,7,10-11H2,2H3. The third-order valence-electron chi connectivity index (χ3n) is 3.31. The lowest BCUT2D eigenvalue weighted by atomic mass is 10.0. The lowest BCUT2D eigenvalue weighted by molar-refractivity contribution is 0.488. The lowest BCUT2D eigenvalue weighted by Crippen LogP contribution is -2.32. The number of thioether (sulfide) groups is 1. The Kier molecular flexibility index (Phi) is 4.53. The van der Waals surface area contributed by atoms with Crippen molar-refractivity contribution in [2.24, 2.45) is 0 Å². The molecule has 2 unspecified atom stereocenters. The van der Waals surface area contributed by atoms with Crippen LogP contribution in [0.3, 0.4) is 0 Å². The number of benzene rings is 1. The molecule has 17 heavy (non-hydrogen) atoms. The second-order valence-electron chi connectivity index (χ2n) is 4.47. The highest BCUT2D eigenvalue weighted by atomic mass is 32.2. The number of hydrogen-bond acceptors (Lipinski definition) is 2. The van der Waals surface area contributed by atoms with Crippen LogP contribution >= 0.6 is 11.8 Å². The molecule has 0 amide bonds. The Morgan fingerprint density at radius 2 is 2.35 bits per heavy atom. The Morgan fingerprint density at radius 3 is 3.12 bits per heavy atom. The average molecular weight is 245 g/mol. The van der Waals surface area contributed by atoms with Crippen LogP contribution in [-0.4, -0.2) is 18.3 Å². The van der Waals surface area contributed by atoms with Crippen molar-refractivity contribution in [2.75, 3.05) is 12.3 Å². The number of hydrogen-bond donors (Lipinski definition) is 1. The molecule has 1 N–H and O–H groups in total. The van der Waals surface area contributed by atoms with Crippen LogP contribution in [-0.2, 0) is 0 Å². The van der Waals surface area contributed by atoms with Crippen molar-refractivity contribution in [2.45, 2.75) is 36.6 Å². The molecule has 1 aromatic rings. The first-order chi connectivity index (χ1) is 8.35. The molecule has 1 aromatic carbocycles. The quantitative estimate of drug-likeness (QED) is 0.799. The van der Waals surface area contributed by atoms with Crippen LogP contribution in [0, 0.1) is 12.3 Å². The first-order valence-electron chi connectivity index (χ1n) is 6.23. The van der Waals surface area contributed by atoms with Gasteiger partial charge in [-0.2, -0.15) is 0 Å².